The maximum absolute atomic E-state index is 5.84. The average Bonchev–Trinajstić information content (AvgIpc) is 2.48. The highest BCUT2D eigenvalue weighted by Crippen LogP contribution is 2.29. The van der Waals surface area contributed by atoms with Gasteiger partial charge in [-0.2, -0.15) is 0 Å². The van der Waals surface area contributed by atoms with Crippen LogP contribution in [0.25, 0.3) is 0 Å². The monoisotopic (exact) mass is 291 g/mol. The van der Waals surface area contributed by atoms with Gasteiger partial charge in [0.15, 0.2) is 0 Å². The Bertz CT molecular complexity index is 438. The summed E-state index contributed by atoms with van der Waals surface area (Å²) in [6, 6.07) is 6.74. The van der Waals surface area contributed by atoms with Gasteiger partial charge in [-0.05, 0) is 46.0 Å². The quantitative estimate of drug-likeness (QED) is 0.686. The van der Waals surface area contributed by atoms with Gasteiger partial charge in [-0.25, -0.2) is 0 Å². The Labute approximate surface area is 129 Å². The fourth-order valence-electron chi connectivity index (χ4n) is 2.54. The molecule has 0 aliphatic carbocycles. The number of hydrogen-bond acceptors (Lipinski definition) is 4. The van der Waals surface area contributed by atoms with Crippen molar-refractivity contribution in [3.63, 3.8) is 0 Å². The Kier molecular flexibility index (Phi) is 7.09. The van der Waals surface area contributed by atoms with E-state index in [9.17, 15) is 0 Å². The molecule has 1 aliphatic heterocycles. The number of piperidine rings is 1. The molecule has 0 saturated carbocycles. The lowest BCUT2D eigenvalue weighted by Gasteiger charge is -2.36. The smallest absolute Gasteiger partial charge is 0.143 e. The standard InChI is InChI=1S/C14H23N3O.C3H6/c1-16(2)11-6-8-17(9-7-11)12-4-5-13(15)14(10-12)18-3;1-3-2/h4-5,10-11H,6-9,15H2,1-3H3;3H,1H2,2H3. The number of anilines is 2. The Balaban J connectivity index is 0.000000677. The van der Waals surface area contributed by atoms with E-state index in [1.54, 1.807) is 13.2 Å². The van der Waals surface area contributed by atoms with Crippen molar-refractivity contribution in [3.05, 3.63) is 30.9 Å². The lowest BCUT2D eigenvalue weighted by Crippen LogP contribution is -2.41. The average molecular weight is 291 g/mol. The second-order valence-electron chi connectivity index (χ2n) is 5.52. The van der Waals surface area contributed by atoms with Crippen LogP contribution in [0, 0.1) is 0 Å². The molecular weight excluding hydrogens is 262 g/mol. The van der Waals surface area contributed by atoms with E-state index >= 15 is 0 Å². The van der Waals surface area contributed by atoms with Crippen LogP contribution in [0.1, 0.15) is 19.8 Å². The summed E-state index contributed by atoms with van der Waals surface area (Å²) < 4.78 is 5.28. The highest BCUT2D eigenvalue weighted by molar-refractivity contribution is 5.62. The van der Waals surface area contributed by atoms with Gasteiger partial charge in [0.25, 0.3) is 0 Å². The zero-order valence-electron chi connectivity index (χ0n) is 13.8. The highest BCUT2D eigenvalue weighted by atomic mass is 16.5. The van der Waals surface area contributed by atoms with E-state index in [0.29, 0.717) is 11.7 Å². The molecule has 1 fully saturated rings. The maximum Gasteiger partial charge on any atom is 0.143 e. The van der Waals surface area contributed by atoms with Crippen LogP contribution in [0.2, 0.25) is 0 Å². The molecule has 0 spiro atoms. The number of ether oxygens (including phenoxy) is 1. The van der Waals surface area contributed by atoms with Gasteiger partial charge in [0.2, 0.25) is 0 Å². The van der Waals surface area contributed by atoms with Gasteiger partial charge in [0.1, 0.15) is 5.75 Å². The SMILES string of the molecule is C=CC.COc1cc(N2CCC(N(C)C)CC2)ccc1N. The summed E-state index contributed by atoms with van der Waals surface area (Å²) in [5.74, 6) is 0.766. The van der Waals surface area contributed by atoms with Crippen LogP contribution in [0.3, 0.4) is 0 Å². The van der Waals surface area contributed by atoms with Crippen LogP contribution >= 0.6 is 0 Å². The molecule has 0 unspecified atom stereocenters. The first-order valence-corrected chi connectivity index (χ1v) is 7.45. The van der Waals surface area contributed by atoms with Crippen molar-refractivity contribution in [1.82, 2.24) is 4.90 Å². The fraction of sp³-hybridized carbons (Fsp3) is 0.529. The van der Waals surface area contributed by atoms with E-state index in [0.717, 1.165) is 18.8 Å². The van der Waals surface area contributed by atoms with Crippen molar-refractivity contribution in [2.45, 2.75) is 25.8 Å². The van der Waals surface area contributed by atoms with Crippen molar-refractivity contribution in [2.24, 2.45) is 0 Å². The number of nitrogens with zero attached hydrogens (tertiary/aromatic N) is 2. The third-order valence-corrected chi connectivity index (χ3v) is 3.78. The molecule has 1 heterocycles. The molecule has 0 amide bonds. The first-order valence-electron chi connectivity index (χ1n) is 7.45. The second kappa shape index (κ2) is 8.57. The topological polar surface area (TPSA) is 41.7 Å². The predicted octanol–water partition coefficient (Wildman–Crippen LogP) is 3.00. The largest absolute Gasteiger partial charge is 0.495 e. The maximum atomic E-state index is 5.84. The fourth-order valence-corrected chi connectivity index (χ4v) is 2.54. The van der Waals surface area contributed by atoms with Gasteiger partial charge < -0.3 is 20.3 Å². The first-order chi connectivity index (χ1) is 10.0. The lowest BCUT2D eigenvalue weighted by molar-refractivity contribution is 0.249. The molecule has 4 heteroatoms. The number of nitrogens with two attached hydrogens (primary N) is 1. The number of methoxy groups -OCH3 is 1. The summed E-state index contributed by atoms with van der Waals surface area (Å²) in [6.45, 7) is 7.44. The highest BCUT2D eigenvalue weighted by Gasteiger charge is 2.21. The van der Waals surface area contributed by atoms with Crippen molar-refractivity contribution in [3.8, 4) is 5.75 Å². The van der Waals surface area contributed by atoms with Crippen molar-refractivity contribution in [2.75, 3.05) is 44.9 Å². The Hall–Kier alpha value is -1.68. The normalized spacial score (nSPS) is 15.4. The molecule has 4 nitrogen and oxygen atoms in total. The van der Waals surface area contributed by atoms with E-state index in [2.05, 4.69) is 36.5 Å². The van der Waals surface area contributed by atoms with Crippen molar-refractivity contribution < 1.29 is 4.74 Å². The van der Waals surface area contributed by atoms with Crippen molar-refractivity contribution >= 4 is 11.4 Å². The Morgan fingerprint density at radius 2 is 1.90 bits per heavy atom. The van der Waals surface area contributed by atoms with Crippen LogP contribution in [0.5, 0.6) is 5.75 Å². The van der Waals surface area contributed by atoms with E-state index < -0.39 is 0 Å². The number of allylic oxidation sites excluding steroid dienone is 1. The third kappa shape index (κ3) is 4.97. The summed E-state index contributed by atoms with van der Waals surface area (Å²) in [5, 5.41) is 0. The molecule has 0 aromatic heterocycles. The molecule has 1 aromatic carbocycles. The second-order valence-corrected chi connectivity index (χ2v) is 5.52. The minimum absolute atomic E-state index is 0.699. The lowest BCUT2D eigenvalue weighted by atomic mass is 10.0. The zero-order valence-corrected chi connectivity index (χ0v) is 13.8. The van der Waals surface area contributed by atoms with Gasteiger partial charge in [0, 0.05) is 30.9 Å². The van der Waals surface area contributed by atoms with Crippen LogP contribution < -0.4 is 15.4 Å². The first kappa shape index (κ1) is 17.4. The van der Waals surface area contributed by atoms with Gasteiger partial charge in [-0.1, -0.05) is 6.08 Å². The number of rotatable bonds is 3. The molecule has 2 rings (SSSR count). The van der Waals surface area contributed by atoms with E-state index in [1.165, 1.54) is 18.5 Å². The van der Waals surface area contributed by atoms with Crippen LogP contribution in [-0.2, 0) is 0 Å². The molecule has 118 valence electrons. The van der Waals surface area contributed by atoms with E-state index in [1.807, 2.05) is 19.1 Å². The van der Waals surface area contributed by atoms with E-state index in [-0.39, 0.29) is 0 Å². The zero-order chi connectivity index (χ0) is 15.8. The predicted molar refractivity (Wildman–Crippen MR) is 92.2 cm³/mol. The van der Waals surface area contributed by atoms with Crippen LogP contribution in [0.15, 0.2) is 30.9 Å². The minimum Gasteiger partial charge on any atom is -0.495 e. The summed E-state index contributed by atoms with van der Waals surface area (Å²) in [6.07, 6.45) is 4.17. The Morgan fingerprint density at radius 1 is 1.33 bits per heavy atom. The van der Waals surface area contributed by atoms with Gasteiger partial charge in [-0.15, -0.1) is 6.58 Å². The number of nitrogen functional groups attached to an aromatic ring is 1. The number of hydrogen-bond donors (Lipinski definition) is 1. The minimum atomic E-state index is 0.699. The molecule has 0 radical (unpaired) electrons. The molecule has 0 bridgehead atoms. The summed E-state index contributed by atoms with van der Waals surface area (Å²) in [4.78, 5) is 4.73. The molecule has 2 N–H and O–H groups in total. The molecule has 1 aromatic rings. The molecule has 0 atom stereocenters. The summed E-state index contributed by atoms with van der Waals surface area (Å²) in [5.41, 5.74) is 7.75. The van der Waals surface area contributed by atoms with E-state index in [4.69, 9.17) is 10.5 Å². The van der Waals surface area contributed by atoms with Crippen LogP contribution in [0.4, 0.5) is 11.4 Å². The van der Waals surface area contributed by atoms with Crippen LogP contribution in [-0.4, -0.2) is 45.2 Å². The van der Waals surface area contributed by atoms with Gasteiger partial charge >= 0.3 is 0 Å². The summed E-state index contributed by atoms with van der Waals surface area (Å²) >= 11 is 0. The Morgan fingerprint density at radius 3 is 2.38 bits per heavy atom. The molecular formula is C17H29N3O. The summed E-state index contributed by atoms with van der Waals surface area (Å²) in [7, 11) is 5.98. The third-order valence-electron chi connectivity index (χ3n) is 3.78. The van der Waals surface area contributed by atoms with Gasteiger partial charge in [0.05, 0.1) is 12.8 Å². The molecule has 1 aliphatic rings. The van der Waals surface area contributed by atoms with Gasteiger partial charge in [-0.3, -0.25) is 0 Å². The number of benzene rings is 1. The van der Waals surface area contributed by atoms with Crippen molar-refractivity contribution in [1.29, 1.82) is 0 Å². The molecule has 21 heavy (non-hydrogen) atoms. The molecule has 1 saturated heterocycles.